The number of hydrogen-bond donors (Lipinski definition) is 1. The molecule has 1 aromatic heterocycles. The third kappa shape index (κ3) is 3.82. The quantitative estimate of drug-likeness (QED) is 0.742. The molecule has 26 heavy (non-hydrogen) atoms. The Balaban J connectivity index is 1.83. The minimum atomic E-state index is -0.303. The second kappa shape index (κ2) is 7.52. The fourth-order valence-corrected chi connectivity index (χ4v) is 2.86. The van der Waals surface area contributed by atoms with Crippen molar-refractivity contribution >= 4 is 5.91 Å². The molecule has 0 aliphatic rings. The van der Waals surface area contributed by atoms with Crippen molar-refractivity contribution in [2.45, 2.75) is 33.2 Å². The van der Waals surface area contributed by atoms with E-state index in [1.165, 1.54) is 17.7 Å². The van der Waals surface area contributed by atoms with E-state index >= 15 is 0 Å². The van der Waals surface area contributed by atoms with Crippen LogP contribution in [0.2, 0.25) is 0 Å². The van der Waals surface area contributed by atoms with Crippen LogP contribution in [0, 0.1) is 12.7 Å². The minimum Gasteiger partial charge on any atom is -0.348 e. The molecule has 0 fully saturated rings. The predicted octanol–water partition coefficient (Wildman–Crippen LogP) is 4.37. The monoisotopic (exact) mass is 351 g/mol. The third-order valence-electron chi connectivity index (χ3n) is 4.24. The van der Waals surface area contributed by atoms with E-state index in [0.29, 0.717) is 12.1 Å². The summed E-state index contributed by atoms with van der Waals surface area (Å²) in [6, 6.07) is 14.1. The zero-order chi connectivity index (χ0) is 18.7. The van der Waals surface area contributed by atoms with Crippen molar-refractivity contribution in [1.82, 2.24) is 15.1 Å². The van der Waals surface area contributed by atoms with Crippen LogP contribution in [0.15, 0.2) is 54.7 Å². The first-order chi connectivity index (χ1) is 12.5. The molecule has 0 atom stereocenters. The van der Waals surface area contributed by atoms with Gasteiger partial charge in [-0.2, -0.15) is 5.10 Å². The highest BCUT2D eigenvalue weighted by Gasteiger charge is 2.20. The Morgan fingerprint density at radius 2 is 1.77 bits per heavy atom. The smallest absolute Gasteiger partial charge is 0.255 e. The van der Waals surface area contributed by atoms with E-state index in [0.717, 1.165) is 16.9 Å². The summed E-state index contributed by atoms with van der Waals surface area (Å²) in [6.45, 7) is 6.50. The van der Waals surface area contributed by atoms with Crippen LogP contribution in [-0.2, 0) is 6.54 Å². The molecule has 1 heterocycles. The van der Waals surface area contributed by atoms with Crippen molar-refractivity contribution in [3.8, 4) is 5.69 Å². The first-order valence-corrected chi connectivity index (χ1v) is 8.63. The van der Waals surface area contributed by atoms with Gasteiger partial charge in [-0.3, -0.25) is 4.79 Å². The van der Waals surface area contributed by atoms with Crippen LogP contribution >= 0.6 is 0 Å². The molecule has 3 aromatic rings. The zero-order valence-corrected chi connectivity index (χ0v) is 15.2. The molecule has 134 valence electrons. The summed E-state index contributed by atoms with van der Waals surface area (Å²) < 4.78 is 14.9. The van der Waals surface area contributed by atoms with Crippen molar-refractivity contribution in [2.75, 3.05) is 0 Å². The van der Waals surface area contributed by atoms with Gasteiger partial charge in [0.15, 0.2) is 0 Å². The average molecular weight is 351 g/mol. The Morgan fingerprint density at radius 1 is 1.12 bits per heavy atom. The summed E-state index contributed by atoms with van der Waals surface area (Å²) in [5, 5.41) is 7.31. The van der Waals surface area contributed by atoms with E-state index in [-0.39, 0.29) is 17.6 Å². The van der Waals surface area contributed by atoms with Crippen molar-refractivity contribution < 1.29 is 9.18 Å². The van der Waals surface area contributed by atoms with Crippen LogP contribution in [0.4, 0.5) is 4.39 Å². The molecule has 0 saturated carbocycles. The van der Waals surface area contributed by atoms with Crippen LogP contribution in [0.1, 0.15) is 46.9 Å². The second-order valence-corrected chi connectivity index (χ2v) is 6.65. The Bertz CT molecular complexity index is 896. The standard InChI is InChI=1S/C21H22FN3O/c1-14(2)20-19(13-24-25(20)18-10-8-17(22)9-11-18)21(26)23-12-16-6-4-15(3)5-7-16/h4-11,13-14H,12H2,1-3H3,(H,23,26). The van der Waals surface area contributed by atoms with Crippen LogP contribution in [0.3, 0.4) is 0 Å². The van der Waals surface area contributed by atoms with Crippen LogP contribution in [0.25, 0.3) is 5.69 Å². The number of aromatic nitrogens is 2. The number of halogens is 1. The summed E-state index contributed by atoms with van der Waals surface area (Å²) in [5.74, 6) is -0.381. The van der Waals surface area contributed by atoms with Crippen molar-refractivity contribution in [3.63, 3.8) is 0 Å². The molecule has 1 N–H and O–H groups in total. The SMILES string of the molecule is Cc1ccc(CNC(=O)c2cnn(-c3ccc(F)cc3)c2C(C)C)cc1. The van der Waals surface area contributed by atoms with E-state index < -0.39 is 0 Å². The van der Waals surface area contributed by atoms with E-state index in [1.54, 1.807) is 23.0 Å². The highest BCUT2D eigenvalue weighted by atomic mass is 19.1. The first kappa shape index (κ1) is 17.9. The van der Waals surface area contributed by atoms with Gasteiger partial charge in [-0.1, -0.05) is 43.7 Å². The fourth-order valence-electron chi connectivity index (χ4n) is 2.86. The summed E-state index contributed by atoms with van der Waals surface area (Å²) in [5.41, 5.74) is 4.30. The number of rotatable bonds is 5. The topological polar surface area (TPSA) is 46.9 Å². The molecule has 1 amide bonds. The molecule has 4 nitrogen and oxygen atoms in total. The Hall–Kier alpha value is -2.95. The molecular weight excluding hydrogens is 329 g/mol. The number of nitrogens with one attached hydrogen (secondary N) is 1. The lowest BCUT2D eigenvalue weighted by molar-refractivity contribution is 0.0949. The number of carbonyl (C=O) groups is 1. The van der Waals surface area contributed by atoms with Gasteiger partial charge in [0.25, 0.3) is 5.91 Å². The van der Waals surface area contributed by atoms with E-state index in [9.17, 15) is 9.18 Å². The molecule has 3 rings (SSSR count). The van der Waals surface area contributed by atoms with Gasteiger partial charge in [0.2, 0.25) is 0 Å². The number of hydrogen-bond acceptors (Lipinski definition) is 2. The highest BCUT2D eigenvalue weighted by molar-refractivity contribution is 5.95. The van der Waals surface area contributed by atoms with Crippen molar-refractivity contribution in [2.24, 2.45) is 0 Å². The normalized spacial score (nSPS) is 11.0. The third-order valence-corrected chi connectivity index (χ3v) is 4.24. The van der Waals surface area contributed by atoms with Crippen LogP contribution in [0.5, 0.6) is 0 Å². The maximum Gasteiger partial charge on any atom is 0.255 e. The molecular formula is C21H22FN3O. The van der Waals surface area contributed by atoms with Gasteiger partial charge in [-0.25, -0.2) is 9.07 Å². The van der Waals surface area contributed by atoms with E-state index in [1.807, 2.05) is 45.0 Å². The lowest BCUT2D eigenvalue weighted by Crippen LogP contribution is -2.24. The van der Waals surface area contributed by atoms with Gasteiger partial charge in [0, 0.05) is 6.54 Å². The highest BCUT2D eigenvalue weighted by Crippen LogP contribution is 2.23. The summed E-state index contributed by atoms with van der Waals surface area (Å²) >= 11 is 0. The molecule has 0 aliphatic heterocycles. The van der Waals surface area contributed by atoms with Gasteiger partial charge in [0.05, 0.1) is 23.1 Å². The number of benzene rings is 2. The van der Waals surface area contributed by atoms with E-state index in [2.05, 4.69) is 10.4 Å². The maximum atomic E-state index is 13.2. The first-order valence-electron chi connectivity index (χ1n) is 8.63. The Morgan fingerprint density at radius 3 is 2.38 bits per heavy atom. The molecule has 5 heteroatoms. The molecule has 0 radical (unpaired) electrons. The molecule has 0 saturated heterocycles. The number of carbonyl (C=O) groups excluding carboxylic acids is 1. The van der Waals surface area contributed by atoms with Gasteiger partial charge < -0.3 is 5.32 Å². The molecule has 0 aliphatic carbocycles. The Labute approximate surface area is 152 Å². The summed E-state index contributed by atoms with van der Waals surface area (Å²) in [7, 11) is 0. The fraction of sp³-hybridized carbons (Fsp3) is 0.238. The number of nitrogens with zero attached hydrogens (tertiary/aromatic N) is 2. The number of aryl methyl sites for hydroxylation is 1. The number of amides is 1. The maximum absolute atomic E-state index is 13.2. The lowest BCUT2D eigenvalue weighted by atomic mass is 10.0. The average Bonchev–Trinajstić information content (AvgIpc) is 3.07. The largest absolute Gasteiger partial charge is 0.348 e. The summed E-state index contributed by atoms with van der Waals surface area (Å²) in [4.78, 5) is 12.7. The second-order valence-electron chi connectivity index (χ2n) is 6.65. The van der Waals surface area contributed by atoms with Crippen molar-refractivity contribution in [3.05, 3.63) is 82.9 Å². The summed E-state index contributed by atoms with van der Waals surface area (Å²) in [6.07, 6.45) is 1.57. The lowest BCUT2D eigenvalue weighted by Gasteiger charge is -2.13. The van der Waals surface area contributed by atoms with Gasteiger partial charge in [-0.15, -0.1) is 0 Å². The van der Waals surface area contributed by atoms with E-state index in [4.69, 9.17) is 0 Å². The zero-order valence-electron chi connectivity index (χ0n) is 15.2. The van der Waals surface area contributed by atoms with Gasteiger partial charge in [0.1, 0.15) is 5.82 Å². The van der Waals surface area contributed by atoms with Crippen molar-refractivity contribution in [1.29, 1.82) is 0 Å². The molecule has 0 bridgehead atoms. The minimum absolute atomic E-state index is 0.0858. The van der Waals surface area contributed by atoms with Gasteiger partial charge >= 0.3 is 0 Å². The molecule has 0 unspecified atom stereocenters. The van der Waals surface area contributed by atoms with Crippen LogP contribution in [-0.4, -0.2) is 15.7 Å². The predicted molar refractivity (Wildman–Crippen MR) is 100.0 cm³/mol. The van der Waals surface area contributed by atoms with Gasteiger partial charge in [-0.05, 0) is 42.7 Å². The molecule has 0 spiro atoms. The Kier molecular flexibility index (Phi) is 5.16. The molecule has 2 aromatic carbocycles. The van der Waals surface area contributed by atoms with Crippen LogP contribution < -0.4 is 5.32 Å².